The molecule has 5 heteroatoms. The van der Waals surface area contributed by atoms with Crippen LogP contribution in [0.1, 0.15) is 25.3 Å². The van der Waals surface area contributed by atoms with E-state index >= 15 is 0 Å². The van der Waals surface area contributed by atoms with Gasteiger partial charge in [0, 0.05) is 37.6 Å². The van der Waals surface area contributed by atoms with Crippen LogP contribution in [0.5, 0.6) is 0 Å². The molecule has 19 heavy (non-hydrogen) atoms. The van der Waals surface area contributed by atoms with Crippen LogP contribution in [0.25, 0.3) is 0 Å². The minimum atomic E-state index is -0.118. The average molecular weight is 262 g/mol. The summed E-state index contributed by atoms with van der Waals surface area (Å²) in [5.74, 6) is 0. The molecule has 104 valence electrons. The number of amides is 2. The van der Waals surface area contributed by atoms with E-state index in [-0.39, 0.29) is 6.03 Å². The number of rotatable bonds is 6. The lowest BCUT2D eigenvalue weighted by Crippen LogP contribution is -2.44. The van der Waals surface area contributed by atoms with Gasteiger partial charge in [-0.05, 0) is 44.5 Å². The van der Waals surface area contributed by atoms with E-state index in [0.29, 0.717) is 19.1 Å². The molecule has 0 spiro atoms. The third kappa shape index (κ3) is 4.52. The molecule has 0 radical (unpaired) electrons. The Labute approximate surface area is 114 Å². The molecule has 0 unspecified atom stereocenters. The topological polar surface area (TPSA) is 57.3 Å². The lowest BCUT2D eigenvalue weighted by atomic mass is 10.3. The zero-order chi connectivity index (χ0) is 13.7. The van der Waals surface area contributed by atoms with Crippen LogP contribution in [-0.4, -0.2) is 41.6 Å². The van der Waals surface area contributed by atoms with Gasteiger partial charge in [0.1, 0.15) is 0 Å². The van der Waals surface area contributed by atoms with Gasteiger partial charge >= 0.3 is 6.03 Å². The van der Waals surface area contributed by atoms with Crippen molar-refractivity contribution in [2.45, 2.75) is 38.4 Å². The van der Waals surface area contributed by atoms with Crippen LogP contribution in [0.2, 0.25) is 0 Å². The summed E-state index contributed by atoms with van der Waals surface area (Å²) in [5.41, 5.74) is 1.05. The minimum Gasteiger partial charge on any atom is -0.337 e. The third-order valence-electron chi connectivity index (χ3n) is 3.58. The highest BCUT2D eigenvalue weighted by Gasteiger charge is 2.28. The molecular formula is C14H22N4O. The number of hydrogen-bond acceptors (Lipinski definition) is 3. The van der Waals surface area contributed by atoms with Crippen LogP contribution >= 0.6 is 0 Å². The predicted molar refractivity (Wildman–Crippen MR) is 74.7 cm³/mol. The summed E-state index contributed by atoms with van der Waals surface area (Å²) in [6.07, 6.45) is 6.02. The predicted octanol–water partition coefficient (Wildman–Crippen LogP) is 1.36. The maximum atomic E-state index is 11.7. The van der Waals surface area contributed by atoms with Crippen molar-refractivity contribution in [2.75, 3.05) is 13.6 Å². The molecule has 5 nitrogen and oxygen atoms in total. The average Bonchev–Trinajstić information content (AvgIpc) is 3.27. The van der Waals surface area contributed by atoms with E-state index < -0.39 is 0 Å². The van der Waals surface area contributed by atoms with Crippen LogP contribution in [0.3, 0.4) is 0 Å². The van der Waals surface area contributed by atoms with Gasteiger partial charge in [-0.25, -0.2) is 4.79 Å². The molecule has 1 saturated carbocycles. The maximum Gasteiger partial charge on any atom is 0.315 e. The second kappa shape index (κ2) is 6.52. The van der Waals surface area contributed by atoms with Crippen molar-refractivity contribution in [1.82, 2.24) is 20.5 Å². The number of carbonyl (C=O) groups is 1. The van der Waals surface area contributed by atoms with Crippen molar-refractivity contribution >= 4 is 6.03 Å². The molecule has 0 aromatic carbocycles. The summed E-state index contributed by atoms with van der Waals surface area (Å²) in [7, 11) is 2.12. The smallest absolute Gasteiger partial charge is 0.315 e. The monoisotopic (exact) mass is 262 g/mol. The molecule has 1 aromatic rings. The zero-order valence-corrected chi connectivity index (χ0v) is 11.6. The van der Waals surface area contributed by atoms with E-state index in [0.717, 1.165) is 11.6 Å². The van der Waals surface area contributed by atoms with Crippen LogP contribution in [0.15, 0.2) is 24.5 Å². The third-order valence-corrected chi connectivity index (χ3v) is 3.58. The molecule has 1 aliphatic carbocycles. The number of nitrogens with zero attached hydrogens (tertiary/aromatic N) is 2. The Morgan fingerprint density at radius 3 is 2.74 bits per heavy atom. The Kier molecular flexibility index (Phi) is 4.74. The van der Waals surface area contributed by atoms with Crippen molar-refractivity contribution in [3.05, 3.63) is 30.1 Å². The summed E-state index contributed by atoms with van der Waals surface area (Å²) in [6, 6.07) is 4.76. The molecule has 0 bridgehead atoms. The fraction of sp³-hybridized carbons (Fsp3) is 0.571. The molecule has 2 rings (SSSR count). The fourth-order valence-electron chi connectivity index (χ4n) is 1.97. The molecule has 1 aliphatic rings. The lowest BCUT2D eigenvalue weighted by Gasteiger charge is -2.24. The van der Waals surface area contributed by atoms with Gasteiger partial charge in [0.25, 0.3) is 0 Å². The minimum absolute atomic E-state index is 0.118. The van der Waals surface area contributed by atoms with Gasteiger partial charge < -0.3 is 10.6 Å². The Hall–Kier alpha value is -1.62. The van der Waals surface area contributed by atoms with Crippen molar-refractivity contribution in [3.63, 3.8) is 0 Å². The first-order chi connectivity index (χ1) is 9.16. The Balaban J connectivity index is 1.64. The van der Waals surface area contributed by atoms with Gasteiger partial charge in [-0.1, -0.05) is 0 Å². The Morgan fingerprint density at radius 2 is 2.11 bits per heavy atom. The zero-order valence-electron chi connectivity index (χ0n) is 11.6. The van der Waals surface area contributed by atoms with Gasteiger partial charge in [0.15, 0.2) is 0 Å². The first-order valence-electron chi connectivity index (χ1n) is 6.79. The molecule has 2 amide bonds. The van der Waals surface area contributed by atoms with Crippen molar-refractivity contribution < 1.29 is 4.79 Å². The Bertz CT molecular complexity index is 405. The van der Waals surface area contributed by atoms with E-state index in [9.17, 15) is 4.79 Å². The van der Waals surface area contributed by atoms with Gasteiger partial charge in [-0.15, -0.1) is 0 Å². The standard InChI is InChI=1S/C14H22N4O/c1-11(18(2)13-3-4-13)9-16-14(19)17-10-12-5-7-15-8-6-12/h5-8,11,13H,3-4,9-10H2,1-2H3,(H2,16,17,19)/t11-/m1/s1. The summed E-state index contributed by atoms with van der Waals surface area (Å²) in [6.45, 7) is 3.35. The Morgan fingerprint density at radius 1 is 1.42 bits per heavy atom. The van der Waals surface area contributed by atoms with E-state index in [1.165, 1.54) is 12.8 Å². The number of aromatic nitrogens is 1. The number of carbonyl (C=O) groups excluding carboxylic acids is 1. The molecule has 0 saturated heterocycles. The van der Waals surface area contributed by atoms with Crippen LogP contribution in [0.4, 0.5) is 4.79 Å². The van der Waals surface area contributed by atoms with Gasteiger partial charge in [-0.3, -0.25) is 9.88 Å². The summed E-state index contributed by atoms with van der Waals surface area (Å²) >= 11 is 0. The lowest BCUT2D eigenvalue weighted by molar-refractivity contribution is 0.222. The second-order valence-corrected chi connectivity index (χ2v) is 5.16. The van der Waals surface area contributed by atoms with Crippen LogP contribution in [-0.2, 0) is 6.54 Å². The summed E-state index contributed by atoms with van der Waals surface area (Å²) in [4.78, 5) is 17.9. The SMILES string of the molecule is C[C@H](CNC(=O)NCc1ccncc1)N(C)C1CC1. The highest BCUT2D eigenvalue weighted by atomic mass is 16.2. The molecule has 2 N–H and O–H groups in total. The molecule has 1 atom stereocenters. The van der Waals surface area contributed by atoms with Gasteiger partial charge in [0.05, 0.1) is 0 Å². The van der Waals surface area contributed by atoms with E-state index in [1.54, 1.807) is 12.4 Å². The summed E-state index contributed by atoms with van der Waals surface area (Å²) < 4.78 is 0. The number of urea groups is 1. The molecule has 1 fully saturated rings. The van der Waals surface area contributed by atoms with Crippen LogP contribution < -0.4 is 10.6 Å². The highest BCUT2D eigenvalue weighted by molar-refractivity contribution is 5.73. The van der Waals surface area contributed by atoms with E-state index in [4.69, 9.17) is 0 Å². The number of hydrogen-bond donors (Lipinski definition) is 2. The second-order valence-electron chi connectivity index (χ2n) is 5.16. The molecule has 0 aliphatic heterocycles. The van der Waals surface area contributed by atoms with Crippen molar-refractivity contribution in [2.24, 2.45) is 0 Å². The number of pyridine rings is 1. The van der Waals surface area contributed by atoms with E-state index in [1.807, 2.05) is 12.1 Å². The maximum absolute atomic E-state index is 11.7. The van der Waals surface area contributed by atoms with Crippen molar-refractivity contribution in [3.8, 4) is 0 Å². The quantitative estimate of drug-likeness (QED) is 0.814. The summed E-state index contributed by atoms with van der Waals surface area (Å²) in [5, 5.41) is 5.75. The number of likely N-dealkylation sites (N-methyl/N-ethyl adjacent to an activating group) is 1. The molecule has 1 aromatic heterocycles. The molecular weight excluding hydrogens is 240 g/mol. The van der Waals surface area contributed by atoms with Gasteiger partial charge in [0.2, 0.25) is 0 Å². The number of nitrogens with one attached hydrogen (secondary N) is 2. The fourth-order valence-corrected chi connectivity index (χ4v) is 1.97. The van der Waals surface area contributed by atoms with Gasteiger partial charge in [-0.2, -0.15) is 0 Å². The largest absolute Gasteiger partial charge is 0.337 e. The van der Waals surface area contributed by atoms with Crippen molar-refractivity contribution in [1.29, 1.82) is 0 Å². The highest BCUT2D eigenvalue weighted by Crippen LogP contribution is 2.26. The first kappa shape index (κ1) is 13.8. The molecule has 1 heterocycles. The van der Waals surface area contributed by atoms with Crippen LogP contribution in [0, 0.1) is 0 Å². The first-order valence-corrected chi connectivity index (χ1v) is 6.79. The normalized spacial score (nSPS) is 16.2. The van der Waals surface area contributed by atoms with E-state index in [2.05, 4.69) is 34.5 Å².